The Hall–Kier alpha value is -4.36. The molecule has 182 valence electrons. The smallest absolute Gasteiger partial charge is 0.270 e. The van der Waals surface area contributed by atoms with E-state index in [1.165, 1.54) is 0 Å². The molecule has 2 aromatic heterocycles. The van der Waals surface area contributed by atoms with Crippen LogP contribution in [0.5, 0.6) is 11.5 Å². The minimum Gasteiger partial charge on any atom is -0.493 e. The zero-order valence-corrected chi connectivity index (χ0v) is 20.1. The van der Waals surface area contributed by atoms with Crippen LogP contribution < -0.4 is 14.8 Å². The van der Waals surface area contributed by atoms with Crippen molar-refractivity contribution in [3.63, 3.8) is 0 Å². The topological polar surface area (TPSA) is 96.5 Å². The average Bonchev–Trinajstić information content (AvgIpc) is 3.30. The summed E-state index contributed by atoms with van der Waals surface area (Å²) in [7, 11) is 1.59. The number of methoxy groups -OCH3 is 1. The highest BCUT2D eigenvalue weighted by Gasteiger charge is 2.19. The zero-order chi connectivity index (χ0) is 25.1. The van der Waals surface area contributed by atoms with Crippen molar-refractivity contribution in [3.05, 3.63) is 90.1 Å². The lowest BCUT2D eigenvalue weighted by Gasteiger charge is -2.14. The van der Waals surface area contributed by atoms with Crippen molar-refractivity contribution in [2.24, 2.45) is 0 Å². The van der Waals surface area contributed by atoms with E-state index in [9.17, 15) is 9.90 Å². The van der Waals surface area contributed by atoms with Gasteiger partial charge >= 0.3 is 0 Å². The first-order chi connectivity index (χ1) is 17.6. The molecule has 0 unspecified atom stereocenters. The fourth-order valence-corrected chi connectivity index (χ4v) is 4.33. The van der Waals surface area contributed by atoms with Crippen LogP contribution in [-0.4, -0.2) is 41.2 Å². The van der Waals surface area contributed by atoms with E-state index in [0.29, 0.717) is 23.8 Å². The molecule has 5 aromatic rings. The maximum Gasteiger partial charge on any atom is 0.270 e. The summed E-state index contributed by atoms with van der Waals surface area (Å²) in [6.07, 6.45) is -0.818. The first-order valence-corrected chi connectivity index (χ1v) is 11.8. The van der Waals surface area contributed by atoms with Crippen LogP contribution >= 0.6 is 0 Å². The third-order valence-corrected chi connectivity index (χ3v) is 6.11. The second-order valence-corrected chi connectivity index (χ2v) is 8.38. The molecule has 7 nitrogen and oxygen atoms in total. The highest BCUT2D eigenvalue weighted by Crippen LogP contribution is 2.37. The first-order valence-electron chi connectivity index (χ1n) is 11.8. The summed E-state index contributed by atoms with van der Waals surface area (Å²) in [6, 6.07) is 24.6. The number of aromatic amines is 1. The number of pyridine rings is 1. The van der Waals surface area contributed by atoms with Gasteiger partial charge in [0.2, 0.25) is 0 Å². The molecule has 5 rings (SSSR count). The van der Waals surface area contributed by atoms with E-state index in [2.05, 4.69) is 10.3 Å². The largest absolute Gasteiger partial charge is 0.493 e. The number of hydrogen-bond donors (Lipinski definition) is 3. The van der Waals surface area contributed by atoms with E-state index in [1.807, 2.05) is 79.7 Å². The molecule has 36 heavy (non-hydrogen) atoms. The van der Waals surface area contributed by atoms with Gasteiger partial charge in [-0.1, -0.05) is 48.5 Å². The lowest BCUT2D eigenvalue weighted by molar-refractivity contribution is 0.0911. The molecule has 0 radical (unpaired) electrons. The van der Waals surface area contributed by atoms with E-state index in [0.717, 1.165) is 32.9 Å². The minimum atomic E-state index is -0.818. The van der Waals surface area contributed by atoms with Gasteiger partial charge in [0.1, 0.15) is 5.69 Å². The van der Waals surface area contributed by atoms with Gasteiger partial charge in [-0.15, -0.1) is 0 Å². The average molecular weight is 482 g/mol. The van der Waals surface area contributed by atoms with Crippen molar-refractivity contribution < 1.29 is 19.4 Å². The van der Waals surface area contributed by atoms with Gasteiger partial charge in [0, 0.05) is 28.4 Å². The Bertz CT molecular complexity index is 1530. The van der Waals surface area contributed by atoms with Crippen LogP contribution in [0.4, 0.5) is 0 Å². The molecule has 3 N–H and O–H groups in total. The molecule has 2 heterocycles. The number of ether oxygens (including phenoxy) is 2. The van der Waals surface area contributed by atoms with E-state index >= 15 is 0 Å². The standard InChI is InChI=1S/C29H27N3O4/c1-3-36-25-14-13-19(15-26(25)35-2)27-28-21(20-11-7-8-12-22(20)31-28)16-23(32-27)29(34)30-17-24(33)18-9-5-4-6-10-18/h4-16,24,31,33H,3,17H2,1-2H3,(H,30,34)/t24-/m1/s1. The molecule has 0 saturated heterocycles. The van der Waals surface area contributed by atoms with Gasteiger partial charge in [-0.3, -0.25) is 4.79 Å². The third-order valence-electron chi connectivity index (χ3n) is 6.11. The highest BCUT2D eigenvalue weighted by atomic mass is 16.5. The number of nitrogens with zero attached hydrogens (tertiary/aromatic N) is 1. The maximum absolute atomic E-state index is 13.2. The van der Waals surface area contributed by atoms with Gasteiger partial charge in [0.15, 0.2) is 11.5 Å². The molecule has 0 aliphatic heterocycles. The van der Waals surface area contributed by atoms with Gasteiger partial charge < -0.3 is 24.9 Å². The van der Waals surface area contributed by atoms with Gasteiger partial charge in [0.25, 0.3) is 5.91 Å². The summed E-state index contributed by atoms with van der Waals surface area (Å²) in [5, 5.41) is 15.2. The molecule has 0 aliphatic rings. The van der Waals surface area contributed by atoms with Gasteiger partial charge in [-0.25, -0.2) is 4.98 Å². The highest BCUT2D eigenvalue weighted by molar-refractivity contribution is 6.13. The molecule has 0 bridgehead atoms. The number of para-hydroxylation sites is 1. The molecule has 0 aliphatic carbocycles. The zero-order valence-electron chi connectivity index (χ0n) is 20.1. The Morgan fingerprint density at radius 1 is 1.00 bits per heavy atom. The van der Waals surface area contributed by atoms with Crippen molar-refractivity contribution in [3.8, 4) is 22.8 Å². The van der Waals surface area contributed by atoms with Crippen LogP contribution in [0.2, 0.25) is 0 Å². The Labute approximate surface area is 208 Å². The van der Waals surface area contributed by atoms with Crippen LogP contribution in [0.3, 0.4) is 0 Å². The Kier molecular flexibility index (Phi) is 6.56. The van der Waals surface area contributed by atoms with Crippen LogP contribution in [0.25, 0.3) is 33.1 Å². The number of carbonyl (C=O) groups is 1. The summed E-state index contributed by atoms with van der Waals surface area (Å²) >= 11 is 0. The van der Waals surface area contributed by atoms with Crippen molar-refractivity contribution in [1.29, 1.82) is 0 Å². The van der Waals surface area contributed by atoms with Crippen LogP contribution in [0.15, 0.2) is 78.9 Å². The predicted octanol–water partition coefficient (Wildman–Crippen LogP) is 5.25. The summed E-state index contributed by atoms with van der Waals surface area (Å²) < 4.78 is 11.2. The van der Waals surface area contributed by atoms with Crippen molar-refractivity contribution in [2.75, 3.05) is 20.3 Å². The van der Waals surface area contributed by atoms with Gasteiger partial charge in [-0.05, 0) is 42.8 Å². The monoisotopic (exact) mass is 481 g/mol. The number of benzene rings is 3. The summed E-state index contributed by atoms with van der Waals surface area (Å²) in [5.74, 6) is 0.859. The van der Waals surface area contributed by atoms with Crippen LogP contribution in [0, 0.1) is 0 Å². The molecule has 0 fully saturated rings. The number of rotatable bonds is 8. The molecule has 7 heteroatoms. The Balaban J connectivity index is 1.56. The summed E-state index contributed by atoms with van der Waals surface area (Å²) in [5.41, 5.74) is 4.17. The molecule has 0 saturated carbocycles. The number of carbonyl (C=O) groups excluding carboxylic acids is 1. The quantitative estimate of drug-likeness (QED) is 0.281. The van der Waals surface area contributed by atoms with Crippen molar-refractivity contribution in [1.82, 2.24) is 15.3 Å². The fraction of sp³-hybridized carbons (Fsp3) is 0.172. The lowest BCUT2D eigenvalue weighted by atomic mass is 10.1. The van der Waals surface area contributed by atoms with E-state index in [4.69, 9.17) is 14.5 Å². The third kappa shape index (κ3) is 4.48. The molecule has 3 aromatic carbocycles. The number of nitrogens with one attached hydrogen (secondary N) is 2. The normalized spacial score (nSPS) is 12.0. The lowest BCUT2D eigenvalue weighted by Crippen LogP contribution is -2.29. The van der Waals surface area contributed by atoms with E-state index in [-0.39, 0.29) is 18.1 Å². The Morgan fingerprint density at radius 3 is 2.56 bits per heavy atom. The second kappa shape index (κ2) is 10.1. The van der Waals surface area contributed by atoms with Crippen LogP contribution in [-0.2, 0) is 0 Å². The predicted molar refractivity (Wildman–Crippen MR) is 140 cm³/mol. The van der Waals surface area contributed by atoms with Crippen molar-refractivity contribution >= 4 is 27.7 Å². The molecule has 1 amide bonds. The first kappa shape index (κ1) is 23.4. The molecular weight excluding hydrogens is 454 g/mol. The second-order valence-electron chi connectivity index (χ2n) is 8.38. The fourth-order valence-electron chi connectivity index (χ4n) is 4.33. The van der Waals surface area contributed by atoms with Crippen molar-refractivity contribution in [2.45, 2.75) is 13.0 Å². The number of fused-ring (bicyclic) bond motifs is 3. The van der Waals surface area contributed by atoms with Gasteiger partial charge in [-0.2, -0.15) is 0 Å². The van der Waals surface area contributed by atoms with Gasteiger partial charge in [0.05, 0.1) is 31.0 Å². The Morgan fingerprint density at radius 2 is 1.78 bits per heavy atom. The van der Waals surface area contributed by atoms with E-state index < -0.39 is 6.10 Å². The maximum atomic E-state index is 13.2. The minimum absolute atomic E-state index is 0.0721. The SMILES string of the molecule is CCOc1ccc(-c2nc(C(=O)NC[C@@H](O)c3ccccc3)cc3c2[nH]c2ccccc23)cc1OC. The number of H-pyrrole nitrogens is 1. The number of aliphatic hydroxyl groups is 1. The summed E-state index contributed by atoms with van der Waals surface area (Å²) in [6.45, 7) is 2.51. The number of amides is 1. The van der Waals surface area contributed by atoms with E-state index in [1.54, 1.807) is 13.2 Å². The van der Waals surface area contributed by atoms with Crippen LogP contribution in [0.1, 0.15) is 29.1 Å². The molecular formula is C29H27N3O4. The molecule has 0 spiro atoms. The molecule has 1 atom stereocenters. The number of hydrogen-bond acceptors (Lipinski definition) is 5. The number of aromatic nitrogens is 2. The summed E-state index contributed by atoms with van der Waals surface area (Å²) in [4.78, 5) is 21.4. The number of aliphatic hydroxyl groups excluding tert-OH is 1.